The van der Waals surface area contributed by atoms with E-state index in [9.17, 15) is 37.4 Å². The molecule has 2 atom stereocenters. The van der Waals surface area contributed by atoms with Gasteiger partial charge in [-0.15, -0.1) is 0 Å². The standard InChI is InChI=1S/C31H20F6O4/c32-21-13-17-23(27(36)25(21)34)24-18(14-22(33)26(35)28(24)37)31(17,19(29(38)39)11-15-7-3-1-4-8-15)20(30(40)41)12-16-9-5-2-6-10-16/h1-10,13-14,19-20H,11-12H2,(H,38,39)(H,40,41). The minimum Gasteiger partial charge on any atom is -0.481 e. The van der Waals surface area contributed by atoms with Gasteiger partial charge in [0.1, 0.15) is 0 Å². The van der Waals surface area contributed by atoms with Gasteiger partial charge in [-0.05, 0) is 47.2 Å². The van der Waals surface area contributed by atoms with Gasteiger partial charge in [0.2, 0.25) is 0 Å². The SMILES string of the molecule is O=C(O)C(Cc1ccccc1)C1(C(Cc2ccccc2)C(=O)O)c2cc(F)c(F)c(F)c2-c2c1cc(F)c(F)c2F. The Kier molecular flexibility index (Phi) is 7.10. The predicted octanol–water partition coefficient (Wildman–Crippen LogP) is 6.67. The highest BCUT2D eigenvalue weighted by Gasteiger charge is 2.60. The van der Waals surface area contributed by atoms with E-state index in [-0.39, 0.29) is 0 Å². The van der Waals surface area contributed by atoms with Crippen LogP contribution in [0.3, 0.4) is 0 Å². The number of fused-ring (bicyclic) bond motifs is 3. The highest BCUT2D eigenvalue weighted by Crippen LogP contribution is 2.60. The van der Waals surface area contributed by atoms with Gasteiger partial charge in [-0.1, -0.05) is 60.7 Å². The maximum atomic E-state index is 15.5. The van der Waals surface area contributed by atoms with Crippen LogP contribution in [0.15, 0.2) is 72.8 Å². The molecule has 4 aromatic rings. The van der Waals surface area contributed by atoms with E-state index in [1.807, 2.05) is 0 Å². The van der Waals surface area contributed by atoms with Crippen molar-refractivity contribution < 1.29 is 46.1 Å². The Hall–Kier alpha value is -4.60. The molecule has 1 aliphatic carbocycles. The zero-order chi connectivity index (χ0) is 29.6. The summed E-state index contributed by atoms with van der Waals surface area (Å²) < 4.78 is 89.9. The van der Waals surface area contributed by atoms with Crippen molar-refractivity contribution >= 4 is 11.9 Å². The van der Waals surface area contributed by atoms with E-state index in [1.165, 1.54) is 24.3 Å². The summed E-state index contributed by atoms with van der Waals surface area (Å²) in [6, 6.07) is 16.4. The summed E-state index contributed by atoms with van der Waals surface area (Å²) in [5.74, 6) is -18.9. The number of halogens is 6. The molecule has 4 aromatic carbocycles. The van der Waals surface area contributed by atoms with Crippen molar-refractivity contribution in [3.63, 3.8) is 0 Å². The van der Waals surface area contributed by atoms with Gasteiger partial charge < -0.3 is 10.2 Å². The van der Waals surface area contributed by atoms with Crippen LogP contribution in [0.4, 0.5) is 26.3 Å². The number of benzene rings is 4. The molecule has 0 saturated carbocycles. The van der Waals surface area contributed by atoms with Crippen molar-refractivity contribution in [2.75, 3.05) is 0 Å². The molecule has 210 valence electrons. The van der Waals surface area contributed by atoms with Crippen LogP contribution in [0, 0.1) is 46.7 Å². The molecule has 0 saturated heterocycles. The van der Waals surface area contributed by atoms with Crippen LogP contribution in [0.2, 0.25) is 0 Å². The van der Waals surface area contributed by atoms with Crippen LogP contribution in [-0.2, 0) is 27.8 Å². The van der Waals surface area contributed by atoms with E-state index in [2.05, 4.69) is 0 Å². The molecule has 0 fully saturated rings. The topological polar surface area (TPSA) is 74.6 Å². The molecule has 5 rings (SSSR count). The molecule has 1 aliphatic rings. The third kappa shape index (κ3) is 4.34. The van der Waals surface area contributed by atoms with Crippen LogP contribution in [0.1, 0.15) is 22.3 Å². The summed E-state index contributed by atoms with van der Waals surface area (Å²) >= 11 is 0. The normalized spacial score (nSPS) is 14.7. The Balaban J connectivity index is 1.97. The quantitative estimate of drug-likeness (QED) is 0.183. The molecule has 0 bridgehead atoms. The van der Waals surface area contributed by atoms with Crippen LogP contribution < -0.4 is 0 Å². The fourth-order valence-electron chi connectivity index (χ4n) is 6.06. The van der Waals surface area contributed by atoms with E-state index in [4.69, 9.17) is 0 Å². The number of hydrogen-bond acceptors (Lipinski definition) is 2. The van der Waals surface area contributed by atoms with Crippen LogP contribution in [0.25, 0.3) is 11.1 Å². The lowest BCUT2D eigenvalue weighted by atomic mass is 9.58. The molecule has 0 heterocycles. The Labute approximate surface area is 229 Å². The van der Waals surface area contributed by atoms with Crippen molar-refractivity contribution in [1.29, 1.82) is 0 Å². The maximum absolute atomic E-state index is 15.5. The van der Waals surface area contributed by atoms with Crippen molar-refractivity contribution in [2.45, 2.75) is 18.3 Å². The fraction of sp³-hybridized carbons (Fsp3) is 0.161. The van der Waals surface area contributed by atoms with Gasteiger partial charge in [0, 0.05) is 16.5 Å². The van der Waals surface area contributed by atoms with Gasteiger partial charge in [0.15, 0.2) is 34.9 Å². The maximum Gasteiger partial charge on any atom is 0.308 e. The third-order valence-electron chi connectivity index (χ3n) is 7.73. The summed E-state index contributed by atoms with van der Waals surface area (Å²) in [5, 5.41) is 21.2. The fourth-order valence-corrected chi connectivity index (χ4v) is 6.06. The van der Waals surface area contributed by atoms with E-state index < -0.39 is 99.2 Å². The molecule has 41 heavy (non-hydrogen) atoms. The lowest BCUT2D eigenvalue weighted by molar-refractivity contribution is -0.150. The summed E-state index contributed by atoms with van der Waals surface area (Å²) in [4.78, 5) is 26.1. The van der Waals surface area contributed by atoms with Crippen LogP contribution in [0.5, 0.6) is 0 Å². The van der Waals surface area contributed by atoms with Crippen LogP contribution >= 0.6 is 0 Å². The van der Waals surface area contributed by atoms with Crippen molar-refractivity contribution in [2.24, 2.45) is 11.8 Å². The summed E-state index contributed by atoms with van der Waals surface area (Å²) in [6.45, 7) is 0. The highest BCUT2D eigenvalue weighted by atomic mass is 19.2. The van der Waals surface area contributed by atoms with Crippen molar-refractivity contribution in [3.05, 3.63) is 130 Å². The Morgan fingerprint density at radius 2 is 0.927 bits per heavy atom. The average Bonchev–Trinajstić information content (AvgIpc) is 3.22. The lowest BCUT2D eigenvalue weighted by Crippen LogP contribution is -2.50. The number of rotatable bonds is 8. The first kappa shape index (κ1) is 27.9. The van der Waals surface area contributed by atoms with Crippen molar-refractivity contribution in [1.82, 2.24) is 0 Å². The van der Waals surface area contributed by atoms with E-state index in [1.54, 1.807) is 36.4 Å². The molecule has 2 N–H and O–H groups in total. The molecule has 10 heteroatoms. The molecule has 2 unspecified atom stereocenters. The molecule has 0 amide bonds. The molecular weight excluding hydrogens is 550 g/mol. The van der Waals surface area contributed by atoms with E-state index >= 15 is 8.78 Å². The summed E-state index contributed by atoms with van der Waals surface area (Å²) in [5.41, 5.74) is -5.49. The molecule has 4 nitrogen and oxygen atoms in total. The van der Waals surface area contributed by atoms with Gasteiger partial charge in [-0.25, -0.2) is 26.3 Å². The summed E-state index contributed by atoms with van der Waals surface area (Å²) in [6.07, 6.45) is -0.927. The minimum absolute atomic E-state index is 0.351. The number of carboxylic acid groups (broad SMARTS) is 2. The first-order chi connectivity index (χ1) is 19.5. The van der Waals surface area contributed by atoms with E-state index in [0.29, 0.717) is 23.3 Å². The Morgan fingerprint density at radius 1 is 0.585 bits per heavy atom. The predicted molar refractivity (Wildman–Crippen MR) is 135 cm³/mol. The number of carboxylic acids is 2. The van der Waals surface area contributed by atoms with Crippen LogP contribution in [-0.4, -0.2) is 22.2 Å². The largest absolute Gasteiger partial charge is 0.481 e. The second-order valence-electron chi connectivity index (χ2n) is 9.85. The zero-order valence-electron chi connectivity index (χ0n) is 21.0. The van der Waals surface area contributed by atoms with Gasteiger partial charge in [0.25, 0.3) is 0 Å². The third-order valence-corrected chi connectivity index (χ3v) is 7.73. The van der Waals surface area contributed by atoms with Crippen molar-refractivity contribution in [3.8, 4) is 11.1 Å². The molecule has 0 aromatic heterocycles. The first-order valence-corrected chi connectivity index (χ1v) is 12.4. The van der Waals surface area contributed by atoms with Gasteiger partial charge in [0.05, 0.1) is 11.8 Å². The smallest absolute Gasteiger partial charge is 0.308 e. The summed E-state index contributed by atoms with van der Waals surface area (Å²) in [7, 11) is 0. The lowest BCUT2D eigenvalue weighted by Gasteiger charge is -2.42. The molecule has 0 spiro atoms. The van der Waals surface area contributed by atoms with E-state index in [0.717, 1.165) is 0 Å². The minimum atomic E-state index is -2.60. The first-order valence-electron chi connectivity index (χ1n) is 12.4. The number of carbonyl (C=O) groups is 2. The number of hydrogen-bond donors (Lipinski definition) is 2. The molecule has 0 radical (unpaired) electrons. The monoisotopic (exact) mass is 570 g/mol. The number of aliphatic carboxylic acids is 2. The highest BCUT2D eigenvalue weighted by molar-refractivity contribution is 5.90. The Morgan fingerprint density at radius 3 is 1.24 bits per heavy atom. The van der Waals surface area contributed by atoms with Gasteiger partial charge >= 0.3 is 11.9 Å². The zero-order valence-corrected chi connectivity index (χ0v) is 21.0. The second kappa shape index (κ2) is 10.4. The molecular formula is C31H20F6O4. The second-order valence-corrected chi connectivity index (χ2v) is 9.85. The van der Waals surface area contributed by atoms with Gasteiger partial charge in [-0.3, -0.25) is 9.59 Å². The molecule has 0 aliphatic heterocycles. The van der Waals surface area contributed by atoms with Gasteiger partial charge in [-0.2, -0.15) is 0 Å². The Bertz CT molecular complexity index is 1550. The average molecular weight is 570 g/mol.